The van der Waals surface area contributed by atoms with Gasteiger partial charge < -0.3 is 5.11 Å². The second-order valence-electron chi connectivity index (χ2n) is 4.72. The molecule has 7 nitrogen and oxygen atoms in total. The highest BCUT2D eigenvalue weighted by Crippen LogP contribution is 2.23. The summed E-state index contributed by atoms with van der Waals surface area (Å²) in [5.74, 6) is -1.12. The number of carbonyl (C=O) groups is 1. The van der Waals surface area contributed by atoms with Gasteiger partial charge in [0.05, 0.1) is 10.6 Å². The summed E-state index contributed by atoms with van der Waals surface area (Å²) in [5.41, 5.74) is 1.92. The van der Waals surface area contributed by atoms with E-state index in [9.17, 15) is 14.9 Å². The molecule has 1 heterocycles. The zero-order valence-electron chi connectivity index (χ0n) is 11.7. The molecule has 0 aliphatic heterocycles. The molecule has 2 aromatic rings. The van der Waals surface area contributed by atoms with Gasteiger partial charge in [-0.15, -0.1) is 0 Å². The molecule has 0 aliphatic rings. The van der Waals surface area contributed by atoms with E-state index in [-0.39, 0.29) is 11.4 Å². The van der Waals surface area contributed by atoms with Crippen LogP contribution in [0.1, 0.15) is 35.1 Å². The minimum atomic E-state index is -1.12. The van der Waals surface area contributed by atoms with Gasteiger partial charge in [0.2, 0.25) is 0 Å². The Balaban J connectivity index is 2.62. The maximum Gasteiger partial charge on any atom is 0.356 e. The van der Waals surface area contributed by atoms with Crippen LogP contribution in [0.15, 0.2) is 24.3 Å². The minimum absolute atomic E-state index is 0.0505. The molecule has 2 rings (SSSR count). The van der Waals surface area contributed by atoms with Crippen molar-refractivity contribution in [1.29, 1.82) is 0 Å². The predicted molar refractivity (Wildman–Crippen MR) is 75.9 cm³/mol. The van der Waals surface area contributed by atoms with Crippen molar-refractivity contribution >= 4 is 11.7 Å². The Morgan fingerprint density at radius 2 is 2.14 bits per heavy atom. The first kappa shape index (κ1) is 14.7. The number of rotatable bonds is 5. The Labute approximate surface area is 121 Å². The molecule has 1 aromatic heterocycles. The lowest BCUT2D eigenvalue weighted by Gasteiger charge is -2.09. The van der Waals surface area contributed by atoms with Gasteiger partial charge in [0.1, 0.15) is 0 Å². The lowest BCUT2D eigenvalue weighted by Crippen LogP contribution is -2.06. The minimum Gasteiger partial charge on any atom is -0.476 e. The van der Waals surface area contributed by atoms with Crippen LogP contribution in [0.5, 0.6) is 0 Å². The van der Waals surface area contributed by atoms with E-state index in [1.165, 1.54) is 22.9 Å². The molecular formula is C14H15N3O4. The van der Waals surface area contributed by atoms with Crippen molar-refractivity contribution in [2.24, 2.45) is 0 Å². The molecule has 0 spiro atoms. The van der Waals surface area contributed by atoms with Crippen LogP contribution in [0.4, 0.5) is 5.69 Å². The predicted octanol–water partition coefficient (Wildman–Crippen LogP) is 2.74. The SMILES string of the molecule is CCCc1cc(C(=O)O)nn1-c1cc([N+](=O)[O-])ccc1C. The van der Waals surface area contributed by atoms with Crippen molar-refractivity contribution in [1.82, 2.24) is 9.78 Å². The van der Waals surface area contributed by atoms with E-state index in [1.807, 2.05) is 6.92 Å². The third-order valence-electron chi connectivity index (χ3n) is 3.14. The number of aromatic carboxylic acids is 1. The number of aromatic nitrogens is 2. The van der Waals surface area contributed by atoms with Gasteiger partial charge in [-0.1, -0.05) is 19.4 Å². The highest BCUT2D eigenvalue weighted by molar-refractivity contribution is 5.85. The van der Waals surface area contributed by atoms with Gasteiger partial charge in [-0.2, -0.15) is 5.10 Å². The van der Waals surface area contributed by atoms with E-state index in [0.29, 0.717) is 12.1 Å². The number of nitro groups is 1. The molecule has 110 valence electrons. The maximum atomic E-state index is 11.1. The fraction of sp³-hybridized carbons (Fsp3) is 0.286. The first-order valence-electron chi connectivity index (χ1n) is 6.51. The van der Waals surface area contributed by atoms with E-state index in [2.05, 4.69) is 5.10 Å². The molecule has 0 fully saturated rings. The molecule has 7 heteroatoms. The number of hydrogen-bond donors (Lipinski definition) is 1. The van der Waals surface area contributed by atoms with E-state index in [1.54, 1.807) is 13.0 Å². The zero-order chi connectivity index (χ0) is 15.6. The summed E-state index contributed by atoms with van der Waals surface area (Å²) in [5, 5.41) is 24.0. The van der Waals surface area contributed by atoms with Crippen LogP contribution in [0, 0.1) is 17.0 Å². The highest BCUT2D eigenvalue weighted by Gasteiger charge is 2.17. The number of hydrogen-bond acceptors (Lipinski definition) is 4. The van der Waals surface area contributed by atoms with Crippen molar-refractivity contribution < 1.29 is 14.8 Å². The Kier molecular flexibility index (Phi) is 4.02. The number of carboxylic acids is 1. The third kappa shape index (κ3) is 2.91. The molecule has 0 atom stereocenters. The topological polar surface area (TPSA) is 98.3 Å². The van der Waals surface area contributed by atoms with Gasteiger partial charge in [-0.25, -0.2) is 9.48 Å². The summed E-state index contributed by atoms with van der Waals surface area (Å²) in [7, 11) is 0. The molecule has 1 aromatic carbocycles. The number of nitrogens with zero attached hydrogens (tertiary/aromatic N) is 3. The van der Waals surface area contributed by atoms with E-state index >= 15 is 0 Å². The van der Waals surface area contributed by atoms with E-state index in [0.717, 1.165) is 17.7 Å². The van der Waals surface area contributed by atoms with Crippen LogP contribution < -0.4 is 0 Å². The normalized spacial score (nSPS) is 10.6. The van der Waals surface area contributed by atoms with Crippen LogP contribution in [0.3, 0.4) is 0 Å². The Morgan fingerprint density at radius 1 is 1.43 bits per heavy atom. The van der Waals surface area contributed by atoms with Crippen LogP contribution in [0.2, 0.25) is 0 Å². The standard InChI is InChI=1S/C14H15N3O4/c1-3-4-10-7-12(14(18)19)15-16(10)13-8-11(17(20)21)6-5-9(13)2/h5-8H,3-4H2,1-2H3,(H,18,19). The van der Waals surface area contributed by atoms with Gasteiger partial charge >= 0.3 is 5.97 Å². The van der Waals surface area contributed by atoms with Gasteiger partial charge in [0.15, 0.2) is 5.69 Å². The van der Waals surface area contributed by atoms with Crippen molar-refractivity contribution in [3.05, 3.63) is 51.3 Å². The second kappa shape index (κ2) is 5.74. The van der Waals surface area contributed by atoms with Crippen LogP contribution in [0.25, 0.3) is 5.69 Å². The van der Waals surface area contributed by atoms with Gasteiger partial charge in [0, 0.05) is 17.8 Å². The largest absolute Gasteiger partial charge is 0.476 e. The first-order chi connectivity index (χ1) is 9.93. The second-order valence-corrected chi connectivity index (χ2v) is 4.72. The van der Waals surface area contributed by atoms with E-state index in [4.69, 9.17) is 5.11 Å². The molecule has 0 amide bonds. The van der Waals surface area contributed by atoms with Crippen molar-refractivity contribution in [2.45, 2.75) is 26.7 Å². The zero-order valence-corrected chi connectivity index (χ0v) is 11.7. The average molecular weight is 289 g/mol. The van der Waals surface area contributed by atoms with Gasteiger partial charge in [-0.05, 0) is 25.0 Å². The van der Waals surface area contributed by atoms with Crippen LogP contribution in [-0.4, -0.2) is 25.8 Å². The quantitative estimate of drug-likeness (QED) is 0.674. The molecule has 21 heavy (non-hydrogen) atoms. The summed E-state index contributed by atoms with van der Waals surface area (Å²) in [6.07, 6.45) is 1.46. The number of nitro benzene ring substituents is 1. The fourth-order valence-corrected chi connectivity index (χ4v) is 2.11. The summed E-state index contributed by atoms with van der Waals surface area (Å²) in [6.45, 7) is 3.77. The Bertz CT molecular complexity index is 706. The molecular weight excluding hydrogens is 274 g/mol. The van der Waals surface area contributed by atoms with Crippen molar-refractivity contribution in [3.63, 3.8) is 0 Å². The smallest absolute Gasteiger partial charge is 0.356 e. The third-order valence-corrected chi connectivity index (χ3v) is 3.14. The van der Waals surface area contributed by atoms with Crippen molar-refractivity contribution in [3.8, 4) is 5.69 Å². The lowest BCUT2D eigenvalue weighted by atomic mass is 10.1. The number of benzene rings is 1. The number of non-ortho nitro benzene ring substituents is 1. The Morgan fingerprint density at radius 3 is 2.71 bits per heavy atom. The summed E-state index contributed by atoms with van der Waals surface area (Å²) < 4.78 is 1.48. The molecule has 0 unspecified atom stereocenters. The molecule has 0 bridgehead atoms. The summed E-state index contributed by atoms with van der Waals surface area (Å²) >= 11 is 0. The van der Waals surface area contributed by atoms with Gasteiger partial charge in [0.25, 0.3) is 5.69 Å². The van der Waals surface area contributed by atoms with Crippen LogP contribution >= 0.6 is 0 Å². The highest BCUT2D eigenvalue weighted by atomic mass is 16.6. The Hall–Kier alpha value is -2.70. The first-order valence-corrected chi connectivity index (χ1v) is 6.51. The maximum absolute atomic E-state index is 11.1. The van der Waals surface area contributed by atoms with Crippen molar-refractivity contribution in [2.75, 3.05) is 0 Å². The molecule has 0 saturated heterocycles. The number of aryl methyl sites for hydroxylation is 2. The summed E-state index contributed by atoms with van der Waals surface area (Å²) in [4.78, 5) is 21.5. The molecule has 1 N–H and O–H groups in total. The van der Waals surface area contributed by atoms with Gasteiger partial charge in [-0.3, -0.25) is 10.1 Å². The lowest BCUT2D eigenvalue weighted by molar-refractivity contribution is -0.384. The fourth-order valence-electron chi connectivity index (χ4n) is 2.11. The average Bonchev–Trinajstić information content (AvgIpc) is 2.83. The molecule has 0 aliphatic carbocycles. The monoisotopic (exact) mass is 289 g/mol. The van der Waals surface area contributed by atoms with E-state index < -0.39 is 10.9 Å². The molecule has 0 saturated carbocycles. The molecule has 0 radical (unpaired) electrons. The van der Waals surface area contributed by atoms with Crippen LogP contribution in [-0.2, 0) is 6.42 Å². The summed E-state index contributed by atoms with van der Waals surface area (Å²) in [6, 6.07) is 5.96. The number of carboxylic acid groups (broad SMARTS) is 1.